The number of Topliss-reactive ketones (excluding diaryl/α,β-unsaturated/α-hetero) is 1. The molecule has 2 unspecified atom stereocenters. The third-order valence-corrected chi connectivity index (χ3v) is 3.62. The van der Waals surface area contributed by atoms with Crippen molar-refractivity contribution in [3.8, 4) is 0 Å². The molecule has 0 spiro atoms. The van der Waals surface area contributed by atoms with Gasteiger partial charge in [-0.25, -0.2) is 0 Å². The van der Waals surface area contributed by atoms with E-state index in [-0.39, 0.29) is 11.7 Å². The van der Waals surface area contributed by atoms with Gasteiger partial charge in [0.2, 0.25) is 0 Å². The highest BCUT2D eigenvalue weighted by molar-refractivity contribution is 6.30. The van der Waals surface area contributed by atoms with E-state index in [1.807, 2.05) is 49.9 Å². The van der Waals surface area contributed by atoms with E-state index >= 15 is 0 Å². The minimum atomic E-state index is 0.165. The molecule has 1 nitrogen and oxygen atoms in total. The molecule has 5 radical (unpaired) electrons. The number of ketones is 1. The van der Waals surface area contributed by atoms with Crippen molar-refractivity contribution >= 4 is 17.4 Å². The zero-order valence-corrected chi connectivity index (χ0v) is 10.0. The molecule has 3 rings (SSSR count). The maximum absolute atomic E-state index is 12.1. The van der Waals surface area contributed by atoms with Gasteiger partial charge in [-0.1, -0.05) is 23.7 Å². The van der Waals surface area contributed by atoms with E-state index in [2.05, 4.69) is 0 Å². The molecule has 1 aromatic carbocycles. The van der Waals surface area contributed by atoms with Crippen LogP contribution in [-0.2, 0) is 4.79 Å². The summed E-state index contributed by atoms with van der Waals surface area (Å²) in [6.07, 6.45) is 8.56. The Morgan fingerprint density at radius 1 is 1.12 bits per heavy atom. The van der Waals surface area contributed by atoms with Crippen molar-refractivity contribution in [2.24, 2.45) is 5.92 Å². The van der Waals surface area contributed by atoms with Gasteiger partial charge in [-0.2, -0.15) is 0 Å². The van der Waals surface area contributed by atoms with E-state index in [4.69, 9.17) is 11.6 Å². The van der Waals surface area contributed by atoms with Gasteiger partial charge in [0, 0.05) is 16.9 Å². The molecule has 0 aliphatic heterocycles. The summed E-state index contributed by atoms with van der Waals surface area (Å²) in [5.41, 5.74) is 1.22. The molecule has 0 N–H and O–H groups in total. The molecule has 17 heavy (non-hydrogen) atoms. The molecule has 2 saturated carbocycles. The third kappa shape index (κ3) is 2.26. The van der Waals surface area contributed by atoms with Crippen LogP contribution in [0.5, 0.6) is 0 Å². The summed E-state index contributed by atoms with van der Waals surface area (Å²) < 4.78 is 0. The Hall–Kier alpha value is -0.820. The van der Waals surface area contributed by atoms with E-state index < -0.39 is 0 Å². The number of rotatable bonds is 3. The number of benzene rings is 1. The SMILES string of the molecule is O=C([C]1[CH][CH][CH][CH]1)C1CC1c1ccc(Cl)cc1. The highest BCUT2D eigenvalue weighted by atomic mass is 35.5. The summed E-state index contributed by atoms with van der Waals surface area (Å²) in [6, 6.07) is 7.81. The van der Waals surface area contributed by atoms with Crippen molar-refractivity contribution in [2.45, 2.75) is 12.3 Å². The van der Waals surface area contributed by atoms with Gasteiger partial charge in [0.05, 0.1) is 0 Å². The predicted octanol–water partition coefficient (Wildman–Crippen LogP) is 3.42. The van der Waals surface area contributed by atoms with Gasteiger partial charge in [0.15, 0.2) is 0 Å². The van der Waals surface area contributed by atoms with Crippen LogP contribution in [0.2, 0.25) is 5.02 Å². The molecule has 0 heterocycles. The summed E-state index contributed by atoms with van der Waals surface area (Å²) in [5.74, 6) is 1.66. The molecule has 2 aliphatic carbocycles. The highest BCUT2D eigenvalue weighted by Crippen LogP contribution is 2.50. The van der Waals surface area contributed by atoms with Crippen LogP contribution >= 0.6 is 11.6 Å². The Bertz CT molecular complexity index is 417. The number of halogens is 1. The normalized spacial score (nSPS) is 28.3. The smallest absolute Gasteiger partial charge is 0.144 e. The maximum atomic E-state index is 12.1. The zero-order chi connectivity index (χ0) is 11.8. The van der Waals surface area contributed by atoms with Gasteiger partial charge in [-0.3, -0.25) is 4.79 Å². The lowest BCUT2D eigenvalue weighted by Crippen LogP contribution is -2.12. The van der Waals surface area contributed by atoms with Crippen molar-refractivity contribution in [3.05, 3.63) is 66.5 Å². The van der Waals surface area contributed by atoms with E-state index in [1.165, 1.54) is 5.56 Å². The largest absolute Gasteiger partial charge is 0.299 e. The monoisotopic (exact) mass is 243 g/mol. The minimum absolute atomic E-state index is 0.165. The molecule has 0 bridgehead atoms. The predicted molar refractivity (Wildman–Crippen MR) is 67.8 cm³/mol. The minimum Gasteiger partial charge on any atom is -0.299 e. The van der Waals surface area contributed by atoms with E-state index in [0.29, 0.717) is 5.92 Å². The molecule has 0 amide bonds. The lowest BCUT2D eigenvalue weighted by Gasteiger charge is -2.06. The van der Waals surface area contributed by atoms with Crippen LogP contribution in [0.1, 0.15) is 17.9 Å². The third-order valence-electron chi connectivity index (χ3n) is 3.37. The summed E-state index contributed by atoms with van der Waals surface area (Å²) in [5, 5.41) is 0.744. The second-order valence-electron chi connectivity index (χ2n) is 4.54. The van der Waals surface area contributed by atoms with Gasteiger partial charge in [0.1, 0.15) is 5.78 Å². The standard InChI is InChI=1S/C15H12ClO/c16-12-7-5-10(6-8-12)13-9-14(13)15(17)11-3-1-2-4-11/h1-8,13-14H,9H2. The van der Waals surface area contributed by atoms with Gasteiger partial charge >= 0.3 is 0 Å². The first-order chi connectivity index (χ1) is 8.25. The molecule has 2 atom stereocenters. The second-order valence-corrected chi connectivity index (χ2v) is 4.97. The Morgan fingerprint density at radius 2 is 1.76 bits per heavy atom. The van der Waals surface area contributed by atoms with Crippen LogP contribution in [0.25, 0.3) is 0 Å². The van der Waals surface area contributed by atoms with Crippen LogP contribution in [0, 0.1) is 37.5 Å². The van der Waals surface area contributed by atoms with Gasteiger partial charge in [-0.05, 0) is 55.7 Å². The summed E-state index contributed by atoms with van der Waals surface area (Å²) >= 11 is 5.85. The quantitative estimate of drug-likeness (QED) is 0.795. The van der Waals surface area contributed by atoms with Crippen LogP contribution in [0.4, 0.5) is 0 Å². The lowest BCUT2D eigenvalue weighted by molar-refractivity contribution is -0.117. The Morgan fingerprint density at radius 3 is 2.41 bits per heavy atom. The maximum Gasteiger partial charge on any atom is 0.144 e. The molecular formula is C15H12ClO. The van der Waals surface area contributed by atoms with Crippen molar-refractivity contribution in [3.63, 3.8) is 0 Å². The first-order valence-electron chi connectivity index (χ1n) is 5.77. The number of carbonyl (C=O) groups is 1. The first kappa shape index (κ1) is 11.3. The molecule has 1 aromatic rings. The Labute approximate surface area is 107 Å². The zero-order valence-electron chi connectivity index (χ0n) is 9.27. The van der Waals surface area contributed by atoms with Crippen LogP contribution in [0.3, 0.4) is 0 Å². The molecule has 0 saturated heterocycles. The number of hydrogen-bond acceptors (Lipinski definition) is 1. The highest BCUT2D eigenvalue weighted by Gasteiger charge is 2.46. The number of carbonyl (C=O) groups excluding carboxylic acids is 1. The first-order valence-corrected chi connectivity index (χ1v) is 6.15. The van der Waals surface area contributed by atoms with Gasteiger partial charge < -0.3 is 0 Å². The van der Waals surface area contributed by atoms with Crippen LogP contribution < -0.4 is 0 Å². The molecule has 85 valence electrons. The molecule has 2 heteroatoms. The van der Waals surface area contributed by atoms with Gasteiger partial charge in [-0.15, -0.1) is 0 Å². The molecule has 2 aliphatic rings. The summed E-state index contributed by atoms with van der Waals surface area (Å²) in [4.78, 5) is 12.1. The fourth-order valence-electron chi connectivity index (χ4n) is 2.32. The van der Waals surface area contributed by atoms with Gasteiger partial charge in [0.25, 0.3) is 0 Å². The van der Waals surface area contributed by atoms with Crippen LogP contribution in [0.15, 0.2) is 24.3 Å². The molecular weight excluding hydrogens is 232 g/mol. The summed E-state index contributed by atoms with van der Waals surface area (Å²) in [6.45, 7) is 0. The lowest BCUT2D eigenvalue weighted by atomic mass is 9.96. The molecule has 0 aromatic heterocycles. The van der Waals surface area contributed by atoms with E-state index in [9.17, 15) is 4.79 Å². The Balaban J connectivity index is 1.65. The average Bonchev–Trinajstić information content (AvgIpc) is 2.94. The van der Waals surface area contributed by atoms with Crippen molar-refractivity contribution < 1.29 is 4.79 Å². The topological polar surface area (TPSA) is 17.1 Å². The van der Waals surface area contributed by atoms with Crippen molar-refractivity contribution in [1.82, 2.24) is 0 Å². The van der Waals surface area contributed by atoms with E-state index in [0.717, 1.165) is 17.4 Å². The fraction of sp³-hybridized carbons (Fsp3) is 0.200. The molecule has 2 fully saturated rings. The van der Waals surface area contributed by atoms with Crippen LogP contribution in [-0.4, -0.2) is 5.78 Å². The average molecular weight is 244 g/mol. The van der Waals surface area contributed by atoms with Crippen molar-refractivity contribution in [2.75, 3.05) is 0 Å². The van der Waals surface area contributed by atoms with E-state index in [1.54, 1.807) is 0 Å². The fourth-order valence-corrected chi connectivity index (χ4v) is 2.44. The second kappa shape index (κ2) is 4.45. The van der Waals surface area contributed by atoms with Crippen molar-refractivity contribution in [1.29, 1.82) is 0 Å². The number of hydrogen-bond donors (Lipinski definition) is 0. The Kier molecular flexibility index (Phi) is 2.96. The summed E-state index contributed by atoms with van der Waals surface area (Å²) in [7, 11) is 0.